The number of nitrogens with zero attached hydrogens (tertiary/aromatic N) is 1. The summed E-state index contributed by atoms with van der Waals surface area (Å²) >= 11 is 0. The van der Waals surface area contributed by atoms with Gasteiger partial charge in [-0.1, -0.05) is 43.3 Å². The highest BCUT2D eigenvalue weighted by Gasteiger charge is 2.16. The molecule has 0 aliphatic carbocycles. The maximum absolute atomic E-state index is 4.48. The lowest BCUT2D eigenvalue weighted by Crippen LogP contribution is -2.31. The summed E-state index contributed by atoms with van der Waals surface area (Å²) in [5.41, 5.74) is 2.33. The summed E-state index contributed by atoms with van der Waals surface area (Å²) in [6, 6.07) is 17.2. The summed E-state index contributed by atoms with van der Waals surface area (Å²) < 4.78 is 0. The Morgan fingerprint density at radius 1 is 1.06 bits per heavy atom. The second-order valence-corrected chi connectivity index (χ2v) is 4.57. The predicted molar refractivity (Wildman–Crippen MR) is 75.4 cm³/mol. The Bertz CT molecular complexity index is 414. The number of rotatable bonds is 5. The van der Waals surface area contributed by atoms with E-state index in [0.717, 1.165) is 12.1 Å². The second kappa shape index (κ2) is 6.31. The second-order valence-electron chi connectivity index (χ2n) is 4.57. The smallest absolute Gasteiger partial charge is 0.0753 e. The highest BCUT2D eigenvalue weighted by molar-refractivity contribution is 5.27. The molecule has 1 N–H and O–H groups in total. The van der Waals surface area contributed by atoms with Crippen molar-refractivity contribution < 1.29 is 0 Å². The van der Waals surface area contributed by atoms with Crippen molar-refractivity contribution in [2.45, 2.75) is 32.4 Å². The third-order valence-corrected chi connectivity index (χ3v) is 3.18. The molecular weight excluding hydrogens is 220 g/mol. The van der Waals surface area contributed by atoms with E-state index < -0.39 is 0 Å². The normalized spacial score (nSPS) is 14.1. The van der Waals surface area contributed by atoms with Crippen LogP contribution in [0.4, 0.5) is 0 Å². The molecule has 94 valence electrons. The first-order valence-electron chi connectivity index (χ1n) is 6.53. The van der Waals surface area contributed by atoms with Gasteiger partial charge in [-0.05, 0) is 31.0 Å². The van der Waals surface area contributed by atoms with Crippen LogP contribution in [-0.4, -0.2) is 11.0 Å². The van der Waals surface area contributed by atoms with Crippen LogP contribution >= 0.6 is 0 Å². The van der Waals surface area contributed by atoms with E-state index >= 15 is 0 Å². The molecule has 0 spiro atoms. The molecule has 0 saturated heterocycles. The Kier molecular flexibility index (Phi) is 4.48. The minimum absolute atomic E-state index is 0.169. The molecule has 2 atom stereocenters. The lowest BCUT2D eigenvalue weighted by molar-refractivity contribution is 0.481. The summed E-state index contributed by atoms with van der Waals surface area (Å²) in [6.45, 7) is 4.40. The van der Waals surface area contributed by atoms with Gasteiger partial charge in [0.1, 0.15) is 0 Å². The summed E-state index contributed by atoms with van der Waals surface area (Å²) in [6.07, 6.45) is 2.96. The van der Waals surface area contributed by atoms with Gasteiger partial charge in [0.25, 0.3) is 0 Å². The van der Waals surface area contributed by atoms with E-state index in [1.54, 1.807) is 0 Å². The average molecular weight is 240 g/mol. The largest absolute Gasteiger partial charge is 0.302 e. The minimum Gasteiger partial charge on any atom is -0.302 e. The van der Waals surface area contributed by atoms with Crippen molar-refractivity contribution >= 4 is 0 Å². The average Bonchev–Trinajstić information content (AvgIpc) is 2.46. The van der Waals surface area contributed by atoms with Gasteiger partial charge in [-0.3, -0.25) is 4.98 Å². The molecule has 2 nitrogen and oxygen atoms in total. The first-order chi connectivity index (χ1) is 8.81. The minimum atomic E-state index is 0.169. The zero-order valence-corrected chi connectivity index (χ0v) is 11.0. The lowest BCUT2D eigenvalue weighted by atomic mass is 10.0. The zero-order valence-electron chi connectivity index (χ0n) is 11.0. The quantitative estimate of drug-likeness (QED) is 0.864. The summed E-state index contributed by atoms with van der Waals surface area (Å²) in [5, 5.41) is 3.64. The number of hydrogen-bond donors (Lipinski definition) is 1. The fourth-order valence-electron chi connectivity index (χ4n) is 1.95. The van der Waals surface area contributed by atoms with Crippen molar-refractivity contribution in [3.05, 3.63) is 66.0 Å². The lowest BCUT2D eigenvalue weighted by Gasteiger charge is -2.22. The Hall–Kier alpha value is -1.67. The fraction of sp³-hybridized carbons (Fsp3) is 0.312. The van der Waals surface area contributed by atoms with Crippen LogP contribution in [-0.2, 0) is 0 Å². The molecule has 1 aromatic heterocycles. The van der Waals surface area contributed by atoms with Crippen LogP contribution in [0, 0.1) is 0 Å². The SMILES string of the molecule is CCC(C)NC(c1ccccc1)c1ccccn1. The molecule has 0 radical (unpaired) electrons. The van der Waals surface area contributed by atoms with Crippen LogP contribution in [0.3, 0.4) is 0 Å². The summed E-state index contributed by atoms with van der Waals surface area (Å²) in [4.78, 5) is 4.48. The molecule has 0 amide bonds. The maximum Gasteiger partial charge on any atom is 0.0753 e. The molecule has 2 heteroatoms. The van der Waals surface area contributed by atoms with E-state index in [9.17, 15) is 0 Å². The number of hydrogen-bond acceptors (Lipinski definition) is 2. The van der Waals surface area contributed by atoms with Crippen LogP contribution < -0.4 is 5.32 Å². The van der Waals surface area contributed by atoms with Gasteiger partial charge in [0, 0.05) is 12.2 Å². The number of pyridine rings is 1. The van der Waals surface area contributed by atoms with Gasteiger partial charge in [-0.25, -0.2) is 0 Å². The third-order valence-electron chi connectivity index (χ3n) is 3.18. The van der Waals surface area contributed by atoms with Crippen molar-refractivity contribution in [2.24, 2.45) is 0 Å². The Morgan fingerprint density at radius 3 is 2.39 bits per heavy atom. The molecule has 0 bridgehead atoms. The number of nitrogens with one attached hydrogen (secondary N) is 1. The van der Waals surface area contributed by atoms with Gasteiger partial charge in [0.15, 0.2) is 0 Å². The molecule has 2 rings (SSSR count). The standard InChI is InChI=1S/C16H20N2/c1-3-13(2)18-16(14-9-5-4-6-10-14)15-11-7-8-12-17-15/h4-13,16,18H,3H2,1-2H3. The predicted octanol–water partition coefficient (Wildman–Crippen LogP) is 3.56. The van der Waals surface area contributed by atoms with Crippen molar-refractivity contribution in [2.75, 3.05) is 0 Å². The van der Waals surface area contributed by atoms with Gasteiger partial charge in [0.2, 0.25) is 0 Å². The third kappa shape index (κ3) is 3.17. The molecule has 18 heavy (non-hydrogen) atoms. The van der Waals surface area contributed by atoms with Crippen molar-refractivity contribution in [1.29, 1.82) is 0 Å². The van der Waals surface area contributed by atoms with Gasteiger partial charge in [-0.2, -0.15) is 0 Å². The number of aromatic nitrogens is 1. The zero-order chi connectivity index (χ0) is 12.8. The first-order valence-corrected chi connectivity index (χ1v) is 6.53. The van der Waals surface area contributed by atoms with Gasteiger partial charge in [0.05, 0.1) is 11.7 Å². The van der Waals surface area contributed by atoms with Crippen LogP contribution in [0.1, 0.15) is 37.6 Å². The van der Waals surface area contributed by atoms with Crippen molar-refractivity contribution in [3.63, 3.8) is 0 Å². The molecule has 0 aliphatic heterocycles. The Labute approximate surface area is 109 Å². The highest BCUT2D eigenvalue weighted by Crippen LogP contribution is 2.20. The van der Waals surface area contributed by atoms with Crippen LogP contribution in [0.25, 0.3) is 0 Å². The highest BCUT2D eigenvalue weighted by atomic mass is 15.0. The molecule has 1 heterocycles. The van der Waals surface area contributed by atoms with E-state index in [-0.39, 0.29) is 6.04 Å². The van der Waals surface area contributed by atoms with Crippen LogP contribution in [0.15, 0.2) is 54.7 Å². The van der Waals surface area contributed by atoms with Gasteiger partial charge in [-0.15, -0.1) is 0 Å². The molecule has 2 aromatic rings. The summed E-state index contributed by atoms with van der Waals surface area (Å²) in [5.74, 6) is 0. The first kappa shape index (κ1) is 12.8. The van der Waals surface area contributed by atoms with Gasteiger partial charge >= 0.3 is 0 Å². The maximum atomic E-state index is 4.48. The van der Waals surface area contributed by atoms with E-state index in [1.165, 1.54) is 5.56 Å². The topological polar surface area (TPSA) is 24.9 Å². The van der Waals surface area contributed by atoms with Crippen LogP contribution in [0.2, 0.25) is 0 Å². The Morgan fingerprint density at radius 2 is 1.78 bits per heavy atom. The van der Waals surface area contributed by atoms with Gasteiger partial charge < -0.3 is 5.32 Å². The monoisotopic (exact) mass is 240 g/mol. The Balaban J connectivity index is 2.29. The molecule has 1 aromatic carbocycles. The van der Waals surface area contributed by atoms with Crippen molar-refractivity contribution in [1.82, 2.24) is 10.3 Å². The van der Waals surface area contributed by atoms with Crippen LogP contribution in [0.5, 0.6) is 0 Å². The molecule has 0 fully saturated rings. The van der Waals surface area contributed by atoms with E-state index in [2.05, 4.69) is 54.5 Å². The molecule has 0 saturated carbocycles. The van der Waals surface area contributed by atoms with Crippen molar-refractivity contribution in [3.8, 4) is 0 Å². The van der Waals surface area contributed by atoms with E-state index in [4.69, 9.17) is 0 Å². The van der Waals surface area contributed by atoms with E-state index in [1.807, 2.05) is 24.4 Å². The molecule has 2 unspecified atom stereocenters. The fourth-order valence-corrected chi connectivity index (χ4v) is 1.95. The number of benzene rings is 1. The summed E-state index contributed by atoms with van der Waals surface area (Å²) in [7, 11) is 0. The molecule has 0 aliphatic rings. The molecular formula is C16H20N2. The van der Waals surface area contributed by atoms with E-state index in [0.29, 0.717) is 6.04 Å².